The Morgan fingerprint density at radius 3 is 2.23 bits per heavy atom. The van der Waals surface area contributed by atoms with E-state index >= 15 is 0 Å². The molecule has 0 N–H and O–H groups in total. The Bertz CT molecular complexity index is 921. The van der Waals surface area contributed by atoms with Crippen molar-refractivity contribution in [3.8, 4) is 0 Å². The van der Waals surface area contributed by atoms with Gasteiger partial charge in [-0.15, -0.1) is 11.3 Å². The quantitative estimate of drug-likeness (QED) is 0.359. The third-order valence-electron chi connectivity index (χ3n) is 5.63. The molecule has 0 aliphatic rings. The molecule has 3 aromatic rings. The molecular weight excluding hydrogens is 388 g/mol. The van der Waals surface area contributed by atoms with Gasteiger partial charge in [-0.05, 0) is 69.4 Å². The lowest BCUT2D eigenvalue weighted by molar-refractivity contribution is 0.0743. The van der Waals surface area contributed by atoms with Crippen molar-refractivity contribution in [1.29, 1.82) is 0 Å². The van der Waals surface area contributed by atoms with Gasteiger partial charge < -0.3 is 9.80 Å². The second kappa shape index (κ2) is 10.7. The normalized spacial score (nSPS) is 11.4. The van der Waals surface area contributed by atoms with Crippen LogP contribution >= 0.6 is 11.3 Å². The zero-order valence-corrected chi connectivity index (χ0v) is 19.6. The van der Waals surface area contributed by atoms with Crippen molar-refractivity contribution < 1.29 is 4.79 Å². The Kier molecular flexibility index (Phi) is 8.06. The van der Waals surface area contributed by atoms with Gasteiger partial charge in [0.15, 0.2) is 0 Å². The number of aryl methyl sites for hydroxylation is 2. The molecule has 160 valence electrons. The van der Waals surface area contributed by atoms with Gasteiger partial charge in [0.1, 0.15) is 0 Å². The lowest BCUT2D eigenvalue weighted by Crippen LogP contribution is -2.32. The van der Waals surface area contributed by atoms with E-state index in [0.717, 1.165) is 49.3 Å². The monoisotopic (exact) mass is 422 g/mol. The van der Waals surface area contributed by atoms with Crippen molar-refractivity contribution in [2.75, 3.05) is 26.2 Å². The van der Waals surface area contributed by atoms with Crippen LogP contribution in [-0.4, -0.2) is 41.9 Å². The number of hydrogen-bond acceptors (Lipinski definition) is 3. The minimum atomic E-state index is 0.151. The van der Waals surface area contributed by atoms with Crippen molar-refractivity contribution >= 4 is 27.3 Å². The van der Waals surface area contributed by atoms with Gasteiger partial charge in [-0.3, -0.25) is 4.79 Å². The molecule has 1 amide bonds. The maximum absolute atomic E-state index is 13.5. The highest BCUT2D eigenvalue weighted by molar-refractivity contribution is 7.20. The number of carbonyl (C=O) groups is 1. The fourth-order valence-corrected chi connectivity index (χ4v) is 5.08. The number of rotatable bonds is 10. The van der Waals surface area contributed by atoms with E-state index in [0.29, 0.717) is 6.54 Å². The zero-order valence-electron chi connectivity index (χ0n) is 18.8. The molecule has 0 radical (unpaired) electrons. The van der Waals surface area contributed by atoms with E-state index in [4.69, 9.17) is 0 Å². The highest BCUT2D eigenvalue weighted by atomic mass is 32.1. The minimum absolute atomic E-state index is 0.151. The van der Waals surface area contributed by atoms with Gasteiger partial charge in [-0.25, -0.2) is 0 Å². The molecule has 3 nitrogen and oxygen atoms in total. The standard InChI is InChI=1S/C26H34N2OS/c1-5-27(6-2)13-9-10-14-28(19-22-16-20(3)15-21(4)17-22)26(29)25-18-23-11-7-8-12-24(23)30-25/h7-8,11-12,15-18H,5-6,9-10,13-14,19H2,1-4H3. The van der Waals surface area contributed by atoms with Crippen LogP contribution in [0.15, 0.2) is 48.5 Å². The summed E-state index contributed by atoms with van der Waals surface area (Å²) in [4.78, 5) is 18.8. The molecule has 3 rings (SSSR count). The Hall–Kier alpha value is -2.17. The molecule has 0 aliphatic heterocycles. The number of amides is 1. The highest BCUT2D eigenvalue weighted by Crippen LogP contribution is 2.27. The molecule has 0 fully saturated rings. The van der Waals surface area contributed by atoms with Gasteiger partial charge >= 0.3 is 0 Å². The molecule has 0 atom stereocenters. The van der Waals surface area contributed by atoms with E-state index in [1.54, 1.807) is 11.3 Å². The summed E-state index contributed by atoms with van der Waals surface area (Å²) in [5.41, 5.74) is 3.72. The summed E-state index contributed by atoms with van der Waals surface area (Å²) in [6, 6.07) is 16.9. The third-order valence-corrected chi connectivity index (χ3v) is 6.73. The molecular formula is C26H34N2OS. The minimum Gasteiger partial charge on any atom is -0.334 e. The van der Waals surface area contributed by atoms with E-state index in [9.17, 15) is 4.79 Å². The summed E-state index contributed by atoms with van der Waals surface area (Å²) in [6.45, 7) is 13.4. The number of fused-ring (bicyclic) bond motifs is 1. The molecule has 0 saturated heterocycles. The van der Waals surface area contributed by atoms with Crippen molar-refractivity contribution in [1.82, 2.24) is 9.80 Å². The van der Waals surface area contributed by atoms with Gasteiger partial charge in [0, 0.05) is 17.8 Å². The van der Waals surface area contributed by atoms with Crippen LogP contribution in [0.25, 0.3) is 10.1 Å². The second-order valence-corrected chi connectivity index (χ2v) is 9.19. The Balaban J connectivity index is 1.76. The lowest BCUT2D eigenvalue weighted by Gasteiger charge is -2.24. The van der Waals surface area contributed by atoms with E-state index in [2.05, 4.69) is 62.9 Å². The molecule has 0 spiro atoms. The molecule has 1 aromatic heterocycles. The van der Waals surface area contributed by atoms with Gasteiger partial charge in [0.05, 0.1) is 4.88 Å². The highest BCUT2D eigenvalue weighted by Gasteiger charge is 2.19. The van der Waals surface area contributed by atoms with Crippen molar-refractivity contribution in [3.63, 3.8) is 0 Å². The summed E-state index contributed by atoms with van der Waals surface area (Å²) in [6.07, 6.45) is 2.14. The maximum Gasteiger partial charge on any atom is 0.264 e. The van der Waals surface area contributed by atoms with E-state index < -0.39 is 0 Å². The molecule has 2 aromatic carbocycles. The van der Waals surface area contributed by atoms with Crippen LogP contribution in [-0.2, 0) is 6.54 Å². The largest absolute Gasteiger partial charge is 0.334 e. The zero-order chi connectivity index (χ0) is 21.5. The van der Waals surface area contributed by atoms with Crippen LogP contribution < -0.4 is 0 Å². The first-order valence-electron chi connectivity index (χ1n) is 11.1. The molecule has 0 saturated carbocycles. The molecule has 30 heavy (non-hydrogen) atoms. The number of unbranched alkanes of at least 4 members (excludes halogenated alkanes) is 1. The fraction of sp³-hybridized carbons (Fsp3) is 0.423. The molecule has 1 heterocycles. The predicted octanol–water partition coefficient (Wildman–Crippen LogP) is 6.28. The average molecular weight is 423 g/mol. The van der Waals surface area contributed by atoms with Crippen LogP contribution in [0.5, 0.6) is 0 Å². The van der Waals surface area contributed by atoms with Gasteiger partial charge in [0.25, 0.3) is 5.91 Å². The third kappa shape index (κ3) is 5.93. The number of hydrogen-bond donors (Lipinski definition) is 0. The fourth-order valence-electron chi connectivity index (χ4n) is 4.05. The smallest absolute Gasteiger partial charge is 0.264 e. The average Bonchev–Trinajstić information content (AvgIpc) is 3.16. The van der Waals surface area contributed by atoms with Crippen LogP contribution in [0.4, 0.5) is 0 Å². The van der Waals surface area contributed by atoms with Crippen LogP contribution in [0.3, 0.4) is 0 Å². The number of thiophene rings is 1. The van der Waals surface area contributed by atoms with Gasteiger partial charge in [-0.1, -0.05) is 61.4 Å². The van der Waals surface area contributed by atoms with Crippen LogP contribution in [0.2, 0.25) is 0 Å². The molecule has 0 bridgehead atoms. The molecule has 4 heteroatoms. The first-order chi connectivity index (χ1) is 14.5. The summed E-state index contributed by atoms with van der Waals surface area (Å²) in [7, 11) is 0. The molecule has 0 unspecified atom stereocenters. The van der Waals surface area contributed by atoms with E-state index in [1.165, 1.54) is 21.4 Å². The summed E-state index contributed by atoms with van der Waals surface area (Å²) >= 11 is 1.60. The Morgan fingerprint density at radius 2 is 1.57 bits per heavy atom. The predicted molar refractivity (Wildman–Crippen MR) is 130 cm³/mol. The number of carbonyl (C=O) groups excluding carboxylic acids is 1. The van der Waals surface area contributed by atoms with E-state index in [-0.39, 0.29) is 5.91 Å². The SMILES string of the molecule is CCN(CC)CCCCN(Cc1cc(C)cc(C)c1)C(=O)c1cc2ccccc2s1. The summed E-state index contributed by atoms with van der Waals surface area (Å²) in [5.74, 6) is 0.151. The topological polar surface area (TPSA) is 23.6 Å². The first-order valence-corrected chi connectivity index (χ1v) is 11.9. The van der Waals surface area contributed by atoms with Crippen LogP contribution in [0, 0.1) is 13.8 Å². The summed E-state index contributed by atoms with van der Waals surface area (Å²) < 4.78 is 1.17. The van der Waals surface area contributed by atoms with Gasteiger partial charge in [-0.2, -0.15) is 0 Å². The maximum atomic E-state index is 13.5. The van der Waals surface area contributed by atoms with Crippen molar-refractivity contribution in [3.05, 3.63) is 70.1 Å². The van der Waals surface area contributed by atoms with Crippen LogP contribution in [0.1, 0.15) is 53.1 Å². The van der Waals surface area contributed by atoms with Gasteiger partial charge in [0.2, 0.25) is 0 Å². The van der Waals surface area contributed by atoms with Crippen molar-refractivity contribution in [2.45, 2.75) is 47.1 Å². The number of nitrogens with zero attached hydrogens (tertiary/aromatic N) is 2. The summed E-state index contributed by atoms with van der Waals surface area (Å²) in [5, 5.41) is 1.15. The van der Waals surface area contributed by atoms with Crippen molar-refractivity contribution in [2.24, 2.45) is 0 Å². The Morgan fingerprint density at radius 1 is 0.900 bits per heavy atom. The number of benzene rings is 2. The second-order valence-electron chi connectivity index (χ2n) is 8.11. The first kappa shape index (κ1) is 22.5. The lowest BCUT2D eigenvalue weighted by atomic mass is 10.1. The molecule has 0 aliphatic carbocycles. The Labute approximate surface area is 185 Å². The van der Waals surface area contributed by atoms with E-state index in [1.807, 2.05) is 23.1 Å².